The van der Waals surface area contributed by atoms with Crippen LogP contribution in [0.2, 0.25) is 0 Å². The van der Waals surface area contributed by atoms with Crippen LogP contribution in [0.3, 0.4) is 0 Å². The van der Waals surface area contributed by atoms with E-state index in [0.29, 0.717) is 37.9 Å². The van der Waals surface area contributed by atoms with Crippen molar-refractivity contribution in [1.82, 2.24) is 20.2 Å². The number of hydrazine groups is 1. The van der Waals surface area contributed by atoms with Gasteiger partial charge in [-0.2, -0.15) is 5.10 Å². The van der Waals surface area contributed by atoms with Gasteiger partial charge in [0.15, 0.2) is 11.6 Å². The molecule has 0 radical (unpaired) electrons. The monoisotopic (exact) mass is 495 g/mol. The number of anilines is 3. The summed E-state index contributed by atoms with van der Waals surface area (Å²) in [5.74, 6) is 6.40. The third-order valence-corrected chi connectivity index (χ3v) is 6.65. The molecule has 0 bridgehead atoms. The van der Waals surface area contributed by atoms with Crippen LogP contribution in [0, 0.1) is 11.2 Å². The van der Waals surface area contributed by atoms with Gasteiger partial charge in [-0.25, -0.2) is 19.9 Å². The van der Waals surface area contributed by atoms with Gasteiger partial charge in [-0.15, -0.1) is 0 Å². The van der Waals surface area contributed by atoms with Crippen LogP contribution in [-0.2, 0) is 16.8 Å². The van der Waals surface area contributed by atoms with Crippen molar-refractivity contribution in [3.05, 3.63) is 60.2 Å². The highest BCUT2D eigenvalue weighted by Crippen LogP contribution is 2.41. The van der Waals surface area contributed by atoms with Gasteiger partial charge in [0.2, 0.25) is 5.91 Å². The summed E-state index contributed by atoms with van der Waals surface area (Å²) >= 11 is 0. The fourth-order valence-electron chi connectivity index (χ4n) is 4.76. The molecular formula is C26H34FN7O2. The number of aromatic nitrogens is 3. The number of amides is 1. The molecule has 0 aliphatic heterocycles. The number of ether oxygens (including phenoxy) is 1. The van der Waals surface area contributed by atoms with Gasteiger partial charge in [0.25, 0.3) is 0 Å². The van der Waals surface area contributed by atoms with Gasteiger partial charge in [0, 0.05) is 18.2 Å². The van der Waals surface area contributed by atoms with Crippen molar-refractivity contribution >= 4 is 23.2 Å². The number of nitrogen functional groups attached to an aromatic ring is 1. The number of hydrogen-bond acceptors (Lipinski definition) is 7. The summed E-state index contributed by atoms with van der Waals surface area (Å²) in [6.45, 7) is 6.22. The molecule has 4 rings (SSSR count). The van der Waals surface area contributed by atoms with Crippen LogP contribution in [0.25, 0.3) is 0 Å². The fraction of sp³-hybridized carbons (Fsp3) is 0.423. The molecule has 36 heavy (non-hydrogen) atoms. The minimum absolute atomic E-state index is 0.0466. The Hall–Kier alpha value is -3.66. The minimum Gasteiger partial charge on any atom is -0.487 e. The highest BCUT2D eigenvalue weighted by atomic mass is 19.1. The Morgan fingerprint density at radius 2 is 1.92 bits per heavy atom. The molecule has 192 valence electrons. The normalized spacial score (nSPS) is 20.1. The predicted molar refractivity (Wildman–Crippen MR) is 137 cm³/mol. The van der Waals surface area contributed by atoms with Gasteiger partial charge in [-0.05, 0) is 70.7 Å². The van der Waals surface area contributed by atoms with E-state index in [9.17, 15) is 9.18 Å². The standard InChI is InChI=1S/C26H34FN7O2/c1-25(2,3)34-22(12-15-30-34)32-21-9-4-6-17(31-21)16-26(24(35)33-29)13-10-18(11-14-26)36-20-8-5-7-19(28)23(20)27/h4-9,12,15,18H,10-11,13-14,16,28-29H2,1-3H3,(H,31,32)(H,33,35). The maximum Gasteiger partial charge on any atom is 0.240 e. The Balaban J connectivity index is 1.48. The number of nitrogens with one attached hydrogen (secondary N) is 2. The van der Waals surface area contributed by atoms with Crippen LogP contribution in [0.4, 0.5) is 21.7 Å². The molecule has 1 aromatic carbocycles. The van der Waals surface area contributed by atoms with Crippen molar-refractivity contribution < 1.29 is 13.9 Å². The molecular weight excluding hydrogens is 461 g/mol. The lowest BCUT2D eigenvalue weighted by molar-refractivity contribution is -0.134. The zero-order valence-corrected chi connectivity index (χ0v) is 20.9. The molecule has 3 aromatic rings. The average Bonchev–Trinajstić information content (AvgIpc) is 3.32. The molecule has 1 aliphatic rings. The van der Waals surface area contributed by atoms with Crippen molar-refractivity contribution in [3.63, 3.8) is 0 Å². The first-order valence-electron chi connectivity index (χ1n) is 12.1. The van der Waals surface area contributed by atoms with Crippen LogP contribution in [0.5, 0.6) is 5.75 Å². The summed E-state index contributed by atoms with van der Waals surface area (Å²) in [6, 6.07) is 12.3. The van der Waals surface area contributed by atoms with Crippen molar-refractivity contribution in [2.24, 2.45) is 11.3 Å². The number of nitrogens with zero attached hydrogens (tertiary/aromatic N) is 3. The second-order valence-electron chi connectivity index (χ2n) is 10.3. The quantitative estimate of drug-likeness (QED) is 0.168. The molecule has 1 fully saturated rings. The molecule has 0 spiro atoms. The van der Waals surface area contributed by atoms with E-state index in [1.54, 1.807) is 18.3 Å². The number of carbonyl (C=O) groups excluding carboxylic acids is 1. The lowest BCUT2D eigenvalue weighted by Gasteiger charge is -2.38. The van der Waals surface area contributed by atoms with Gasteiger partial charge >= 0.3 is 0 Å². The summed E-state index contributed by atoms with van der Waals surface area (Å²) in [5, 5.41) is 7.74. The van der Waals surface area contributed by atoms with Gasteiger partial charge in [-0.1, -0.05) is 12.1 Å². The fourth-order valence-corrected chi connectivity index (χ4v) is 4.76. The van der Waals surface area contributed by atoms with E-state index in [0.717, 1.165) is 11.5 Å². The van der Waals surface area contributed by atoms with E-state index in [2.05, 4.69) is 36.6 Å². The lowest BCUT2D eigenvalue weighted by atomic mass is 9.69. The molecule has 0 saturated heterocycles. The summed E-state index contributed by atoms with van der Waals surface area (Å²) in [4.78, 5) is 17.7. The number of pyridine rings is 1. The topological polar surface area (TPSA) is 133 Å². The first kappa shape index (κ1) is 25.4. The van der Waals surface area contributed by atoms with Gasteiger partial charge < -0.3 is 15.8 Å². The Labute approximate surface area is 210 Å². The van der Waals surface area contributed by atoms with Crippen LogP contribution in [-0.4, -0.2) is 26.8 Å². The Morgan fingerprint density at radius 1 is 1.19 bits per heavy atom. The van der Waals surface area contributed by atoms with Crippen molar-refractivity contribution in [2.75, 3.05) is 11.1 Å². The van der Waals surface area contributed by atoms with Crippen molar-refractivity contribution in [2.45, 2.75) is 64.5 Å². The molecule has 6 N–H and O–H groups in total. The van der Waals surface area contributed by atoms with Gasteiger partial charge in [0.05, 0.1) is 28.9 Å². The SMILES string of the molecule is CC(C)(C)n1nccc1Nc1cccc(CC2(C(=O)NN)CCC(Oc3cccc(N)c3F)CC2)n1. The van der Waals surface area contributed by atoms with E-state index in [1.165, 1.54) is 6.07 Å². The Bertz CT molecular complexity index is 1210. The summed E-state index contributed by atoms with van der Waals surface area (Å²) < 4.78 is 22.1. The van der Waals surface area contributed by atoms with Crippen molar-refractivity contribution in [3.8, 4) is 5.75 Å². The predicted octanol–water partition coefficient (Wildman–Crippen LogP) is 4.04. The van der Waals surface area contributed by atoms with E-state index in [-0.39, 0.29) is 29.0 Å². The summed E-state index contributed by atoms with van der Waals surface area (Å²) in [6.07, 6.45) is 4.15. The second-order valence-corrected chi connectivity index (χ2v) is 10.3. The zero-order chi connectivity index (χ0) is 25.9. The van der Waals surface area contributed by atoms with Gasteiger partial charge in [0.1, 0.15) is 11.6 Å². The molecule has 2 heterocycles. The first-order valence-corrected chi connectivity index (χ1v) is 12.1. The minimum atomic E-state index is -0.734. The molecule has 1 amide bonds. The largest absolute Gasteiger partial charge is 0.487 e. The third-order valence-electron chi connectivity index (χ3n) is 6.65. The Morgan fingerprint density at radius 3 is 2.61 bits per heavy atom. The van der Waals surface area contributed by atoms with E-state index in [1.807, 2.05) is 28.9 Å². The second kappa shape index (κ2) is 10.1. The number of nitrogens with two attached hydrogens (primary N) is 2. The summed E-state index contributed by atoms with van der Waals surface area (Å²) in [5.41, 5.74) is 7.89. The number of carbonyl (C=O) groups is 1. The van der Waals surface area contributed by atoms with Crippen LogP contribution < -0.4 is 27.1 Å². The maximum atomic E-state index is 14.3. The van der Waals surface area contributed by atoms with Crippen LogP contribution >= 0.6 is 0 Å². The van der Waals surface area contributed by atoms with Gasteiger partial charge in [-0.3, -0.25) is 10.2 Å². The molecule has 10 heteroatoms. The van der Waals surface area contributed by atoms with E-state index in [4.69, 9.17) is 21.3 Å². The maximum absolute atomic E-state index is 14.3. The van der Waals surface area contributed by atoms with E-state index < -0.39 is 11.2 Å². The first-order chi connectivity index (χ1) is 17.1. The lowest BCUT2D eigenvalue weighted by Crippen LogP contribution is -2.48. The molecule has 0 unspecified atom stereocenters. The Kier molecular flexibility index (Phi) is 7.16. The molecule has 9 nitrogen and oxygen atoms in total. The van der Waals surface area contributed by atoms with Crippen LogP contribution in [0.15, 0.2) is 48.7 Å². The number of hydrogen-bond donors (Lipinski definition) is 4. The number of halogens is 1. The van der Waals surface area contributed by atoms with Crippen LogP contribution in [0.1, 0.15) is 52.1 Å². The summed E-state index contributed by atoms with van der Waals surface area (Å²) in [7, 11) is 0. The smallest absolute Gasteiger partial charge is 0.240 e. The average molecular weight is 496 g/mol. The van der Waals surface area contributed by atoms with E-state index >= 15 is 0 Å². The highest BCUT2D eigenvalue weighted by Gasteiger charge is 2.42. The van der Waals surface area contributed by atoms with Crippen molar-refractivity contribution in [1.29, 1.82) is 0 Å². The molecule has 0 atom stereocenters. The number of rotatable bonds is 7. The number of benzene rings is 1. The zero-order valence-electron chi connectivity index (χ0n) is 20.9. The molecule has 2 aromatic heterocycles. The molecule has 1 aliphatic carbocycles. The molecule has 1 saturated carbocycles. The highest BCUT2D eigenvalue weighted by molar-refractivity contribution is 5.82. The third kappa shape index (κ3) is 5.43.